The molecule has 1 amide bonds. The second-order valence-corrected chi connectivity index (χ2v) is 8.25. The Hall–Kier alpha value is -2.25. The third-order valence-electron chi connectivity index (χ3n) is 4.72. The molecule has 0 aromatic carbocycles. The Bertz CT molecular complexity index is 924. The lowest BCUT2D eigenvalue weighted by Gasteiger charge is -2.31. The predicted molar refractivity (Wildman–Crippen MR) is 105 cm³/mol. The van der Waals surface area contributed by atoms with E-state index >= 15 is 0 Å². The van der Waals surface area contributed by atoms with Gasteiger partial charge in [-0.15, -0.1) is 11.3 Å². The summed E-state index contributed by atoms with van der Waals surface area (Å²) in [5, 5.41) is 5.98. The lowest BCUT2D eigenvalue weighted by atomic mass is 9.95. The van der Waals surface area contributed by atoms with Gasteiger partial charge >= 0.3 is 0 Å². The molecular formula is C19H19N3O2S2. The Kier molecular flexibility index (Phi) is 4.99. The molecule has 0 spiro atoms. The van der Waals surface area contributed by atoms with Crippen LogP contribution in [-0.4, -0.2) is 33.9 Å². The van der Waals surface area contributed by atoms with E-state index in [9.17, 15) is 9.59 Å². The number of nitrogens with zero attached hydrogens (tertiary/aromatic N) is 2. The van der Waals surface area contributed by atoms with Crippen molar-refractivity contribution in [2.75, 3.05) is 13.1 Å². The zero-order chi connectivity index (χ0) is 17.9. The van der Waals surface area contributed by atoms with Crippen molar-refractivity contribution >= 4 is 28.6 Å². The molecule has 5 nitrogen and oxygen atoms in total. The molecule has 1 aliphatic rings. The first-order valence-electron chi connectivity index (χ1n) is 8.63. The highest BCUT2D eigenvalue weighted by Gasteiger charge is 2.25. The van der Waals surface area contributed by atoms with Crippen LogP contribution in [0.1, 0.15) is 29.5 Å². The molecule has 0 unspecified atom stereocenters. The van der Waals surface area contributed by atoms with E-state index in [4.69, 9.17) is 0 Å². The summed E-state index contributed by atoms with van der Waals surface area (Å²) < 4.78 is 0. The number of aromatic amines is 1. The molecule has 0 saturated carbocycles. The second kappa shape index (κ2) is 7.55. The highest BCUT2D eigenvalue weighted by Crippen LogP contribution is 2.27. The third-order valence-corrected chi connectivity index (χ3v) is 6.28. The summed E-state index contributed by atoms with van der Waals surface area (Å²) in [6.45, 7) is 1.42. The number of H-pyrrole nitrogens is 1. The molecule has 4 rings (SSSR count). The average Bonchev–Trinajstić information content (AvgIpc) is 3.35. The zero-order valence-corrected chi connectivity index (χ0v) is 15.8. The lowest BCUT2D eigenvalue weighted by molar-refractivity contribution is -0.131. The van der Waals surface area contributed by atoms with E-state index in [2.05, 4.69) is 9.97 Å². The highest BCUT2D eigenvalue weighted by atomic mass is 32.1. The van der Waals surface area contributed by atoms with Gasteiger partial charge in [0.15, 0.2) is 0 Å². The number of piperidine rings is 1. The molecule has 134 valence electrons. The molecule has 3 aromatic heterocycles. The number of hydrogen-bond donors (Lipinski definition) is 1. The van der Waals surface area contributed by atoms with Crippen LogP contribution < -0.4 is 5.56 Å². The minimum absolute atomic E-state index is 0.118. The average molecular weight is 386 g/mol. The number of carbonyl (C=O) groups is 1. The largest absolute Gasteiger partial charge is 0.342 e. The summed E-state index contributed by atoms with van der Waals surface area (Å²) in [5.74, 6) is 1.11. The van der Waals surface area contributed by atoms with E-state index in [1.807, 2.05) is 39.2 Å². The van der Waals surface area contributed by atoms with Crippen molar-refractivity contribution in [3.05, 3.63) is 61.5 Å². The molecule has 1 N–H and O–H groups in total. The Morgan fingerprint density at radius 1 is 1.27 bits per heavy atom. The van der Waals surface area contributed by atoms with Crippen LogP contribution >= 0.6 is 22.7 Å². The zero-order valence-electron chi connectivity index (χ0n) is 14.2. The highest BCUT2D eigenvalue weighted by molar-refractivity contribution is 7.10. The molecule has 7 heteroatoms. The van der Waals surface area contributed by atoms with Gasteiger partial charge in [-0.1, -0.05) is 6.07 Å². The quantitative estimate of drug-likeness (QED) is 0.747. The Labute approximate surface area is 159 Å². The maximum absolute atomic E-state index is 12.4. The van der Waals surface area contributed by atoms with Crippen LogP contribution in [0.4, 0.5) is 0 Å². The first kappa shape index (κ1) is 17.2. The number of rotatable bonds is 4. The summed E-state index contributed by atoms with van der Waals surface area (Å²) in [5.41, 5.74) is 1.58. The van der Waals surface area contributed by atoms with E-state index in [0.717, 1.165) is 34.8 Å². The monoisotopic (exact) mass is 385 g/mol. The number of thiophene rings is 2. The van der Waals surface area contributed by atoms with Gasteiger partial charge in [0.1, 0.15) is 5.82 Å². The van der Waals surface area contributed by atoms with Gasteiger partial charge in [0, 0.05) is 40.9 Å². The topological polar surface area (TPSA) is 66.1 Å². The van der Waals surface area contributed by atoms with Crippen molar-refractivity contribution in [2.45, 2.75) is 25.2 Å². The lowest BCUT2D eigenvalue weighted by Crippen LogP contribution is -2.39. The third kappa shape index (κ3) is 3.78. The Morgan fingerprint density at radius 2 is 2.12 bits per heavy atom. The van der Waals surface area contributed by atoms with Crippen LogP contribution in [0.15, 0.2) is 45.2 Å². The summed E-state index contributed by atoms with van der Waals surface area (Å²) in [4.78, 5) is 35.1. The van der Waals surface area contributed by atoms with Gasteiger partial charge in [-0.25, -0.2) is 4.98 Å². The summed E-state index contributed by atoms with van der Waals surface area (Å²) in [6, 6.07) is 7.50. The van der Waals surface area contributed by atoms with Gasteiger partial charge < -0.3 is 9.88 Å². The smallest absolute Gasteiger partial charge is 0.251 e. The van der Waals surface area contributed by atoms with Crippen molar-refractivity contribution in [1.82, 2.24) is 14.9 Å². The molecule has 0 atom stereocenters. The summed E-state index contributed by atoms with van der Waals surface area (Å²) in [7, 11) is 0. The van der Waals surface area contributed by atoms with Gasteiger partial charge in [-0.3, -0.25) is 9.59 Å². The molecule has 0 radical (unpaired) electrons. The molecule has 26 heavy (non-hydrogen) atoms. The molecule has 0 aliphatic carbocycles. The van der Waals surface area contributed by atoms with Gasteiger partial charge in [0.25, 0.3) is 5.56 Å². The molecule has 4 heterocycles. The van der Waals surface area contributed by atoms with Gasteiger partial charge in [-0.2, -0.15) is 11.3 Å². The van der Waals surface area contributed by atoms with E-state index in [-0.39, 0.29) is 17.4 Å². The fraction of sp³-hybridized carbons (Fsp3) is 0.316. The van der Waals surface area contributed by atoms with Crippen LogP contribution in [0, 0.1) is 0 Å². The van der Waals surface area contributed by atoms with Crippen LogP contribution in [0.5, 0.6) is 0 Å². The van der Waals surface area contributed by atoms with Crippen LogP contribution in [0.2, 0.25) is 0 Å². The molecule has 1 saturated heterocycles. The fourth-order valence-electron chi connectivity index (χ4n) is 3.30. The first-order chi connectivity index (χ1) is 12.7. The maximum atomic E-state index is 12.4. The van der Waals surface area contributed by atoms with E-state index in [1.54, 1.807) is 28.7 Å². The SMILES string of the molecule is O=C(Cc1cccs1)N1CCC(c2nc(-c3ccsc3)cc(=O)[nH]2)CC1. The van der Waals surface area contributed by atoms with Crippen molar-refractivity contribution < 1.29 is 4.79 Å². The van der Waals surface area contributed by atoms with Crippen LogP contribution in [0.25, 0.3) is 11.3 Å². The number of carbonyl (C=O) groups excluding carboxylic acids is 1. The van der Waals surface area contributed by atoms with E-state index < -0.39 is 0 Å². The Morgan fingerprint density at radius 3 is 2.81 bits per heavy atom. The Balaban J connectivity index is 1.43. The van der Waals surface area contributed by atoms with Gasteiger partial charge in [0.05, 0.1) is 12.1 Å². The van der Waals surface area contributed by atoms with Crippen molar-refractivity contribution in [1.29, 1.82) is 0 Å². The van der Waals surface area contributed by atoms with Gasteiger partial charge in [-0.05, 0) is 35.7 Å². The van der Waals surface area contributed by atoms with Crippen LogP contribution in [-0.2, 0) is 11.2 Å². The number of hydrogen-bond acceptors (Lipinski definition) is 5. The van der Waals surface area contributed by atoms with Crippen molar-refractivity contribution in [2.24, 2.45) is 0 Å². The van der Waals surface area contributed by atoms with Crippen molar-refractivity contribution in [3.63, 3.8) is 0 Å². The predicted octanol–water partition coefficient (Wildman–Crippen LogP) is 3.51. The first-order valence-corrected chi connectivity index (χ1v) is 10.5. The summed E-state index contributed by atoms with van der Waals surface area (Å²) >= 11 is 3.21. The fourth-order valence-corrected chi connectivity index (χ4v) is 4.65. The van der Waals surface area contributed by atoms with Gasteiger partial charge in [0.2, 0.25) is 5.91 Å². The van der Waals surface area contributed by atoms with Crippen molar-refractivity contribution in [3.8, 4) is 11.3 Å². The minimum atomic E-state index is -0.118. The molecular weight excluding hydrogens is 366 g/mol. The number of aromatic nitrogens is 2. The van der Waals surface area contributed by atoms with E-state index in [1.165, 1.54) is 0 Å². The number of amides is 1. The molecule has 1 fully saturated rings. The van der Waals surface area contributed by atoms with E-state index in [0.29, 0.717) is 19.5 Å². The minimum Gasteiger partial charge on any atom is -0.342 e. The summed E-state index contributed by atoms with van der Waals surface area (Å²) in [6.07, 6.45) is 2.13. The molecule has 1 aliphatic heterocycles. The maximum Gasteiger partial charge on any atom is 0.251 e. The normalized spacial score (nSPS) is 15.3. The molecule has 0 bridgehead atoms. The second-order valence-electron chi connectivity index (χ2n) is 6.44. The van der Waals surface area contributed by atoms with Crippen LogP contribution in [0.3, 0.4) is 0 Å². The number of likely N-dealkylation sites (tertiary alicyclic amines) is 1. The standard InChI is InChI=1S/C19H19N3O2S2/c23-17-11-16(14-5-9-25-12-14)20-19(21-17)13-3-6-22(7-4-13)18(24)10-15-2-1-8-26-15/h1-2,5,8-9,11-13H,3-4,6-7,10H2,(H,20,21,23). The number of nitrogens with one attached hydrogen (secondary N) is 1. The molecule has 3 aromatic rings.